The number of benzene rings is 1. The van der Waals surface area contributed by atoms with E-state index < -0.39 is 20.0 Å². The van der Waals surface area contributed by atoms with E-state index in [2.05, 4.69) is 13.1 Å². The van der Waals surface area contributed by atoms with Gasteiger partial charge in [0.05, 0.1) is 0 Å². The van der Waals surface area contributed by atoms with Gasteiger partial charge in [-0.1, -0.05) is 6.07 Å². The normalized spacial score (nSPS) is 11.8. The van der Waals surface area contributed by atoms with Gasteiger partial charge in [0.2, 0.25) is 0 Å². The summed E-state index contributed by atoms with van der Waals surface area (Å²) in [5, 5.41) is 0. The molecular formula is C12H18F2OSi. The third kappa shape index (κ3) is 4.02. The Balaban J connectivity index is 2.61. The largest absolute Gasteiger partial charge is 0.418 e. The zero-order chi connectivity index (χ0) is 12.2. The molecule has 0 aromatic heterocycles. The molecule has 0 spiro atoms. The summed E-state index contributed by atoms with van der Waals surface area (Å²) in [6, 6.07) is 4.60. The summed E-state index contributed by atoms with van der Waals surface area (Å²) in [6.07, 6.45) is 0.616. The zero-order valence-electron chi connectivity index (χ0n) is 10.0. The van der Waals surface area contributed by atoms with Crippen LogP contribution in [0.1, 0.15) is 12.5 Å². The van der Waals surface area contributed by atoms with Crippen LogP contribution in [-0.2, 0) is 10.8 Å². The zero-order valence-corrected chi connectivity index (χ0v) is 11.0. The summed E-state index contributed by atoms with van der Waals surface area (Å²) in [7, 11) is -1.68. The van der Waals surface area contributed by atoms with E-state index in [4.69, 9.17) is 4.43 Å². The van der Waals surface area contributed by atoms with Gasteiger partial charge in [0.1, 0.15) is 11.6 Å². The van der Waals surface area contributed by atoms with E-state index >= 15 is 0 Å². The van der Waals surface area contributed by atoms with Gasteiger partial charge in [-0.15, -0.1) is 0 Å². The molecule has 0 unspecified atom stereocenters. The minimum absolute atomic E-state index is 0.457. The summed E-state index contributed by atoms with van der Waals surface area (Å²) >= 11 is 0. The molecule has 0 bridgehead atoms. The molecule has 0 fully saturated rings. The lowest BCUT2D eigenvalue weighted by molar-refractivity contribution is 0.329. The molecule has 0 saturated heterocycles. The molecule has 1 rings (SSSR count). The first-order valence-electron chi connectivity index (χ1n) is 5.52. The summed E-state index contributed by atoms with van der Waals surface area (Å²) in [6.45, 7) is 6.88. The van der Waals surface area contributed by atoms with Crippen LogP contribution in [-0.4, -0.2) is 14.9 Å². The smallest absolute Gasteiger partial charge is 0.187 e. The maximum atomic E-state index is 13.3. The van der Waals surface area contributed by atoms with Crippen LogP contribution in [0, 0.1) is 11.6 Å². The van der Waals surface area contributed by atoms with Crippen molar-refractivity contribution in [3.63, 3.8) is 0 Å². The van der Waals surface area contributed by atoms with E-state index in [0.29, 0.717) is 18.6 Å². The molecule has 0 radical (unpaired) electrons. The number of hydrogen-bond donors (Lipinski definition) is 0. The third-order valence-electron chi connectivity index (χ3n) is 2.55. The van der Waals surface area contributed by atoms with Gasteiger partial charge in [-0.25, -0.2) is 8.78 Å². The molecule has 0 aliphatic rings. The molecule has 0 atom stereocenters. The minimum Gasteiger partial charge on any atom is -0.418 e. The van der Waals surface area contributed by atoms with E-state index in [9.17, 15) is 8.78 Å². The Morgan fingerprint density at radius 2 is 1.94 bits per heavy atom. The highest BCUT2D eigenvalue weighted by atomic mass is 28.4. The van der Waals surface area contributed by atoms with Gasteiger partial charge in [0.15, 0.2) is 8.32 Å². The van der Waals surface area contributed by atoms with Crippen molar-refractivity contribution in [3.05, 3.63) is 35.4 Å². The van der Waals surface area contributed by atoms with Crippen LogP contribution in [0.2, 0.25) is 19.1 Å². The van der Waals surface area contributed by atoms with E-state index in [1.54, 1.807) is 0 Å². The quantitative estimate of drug-likeness (QED) is 0.717. The summed E-state index contributed by atoms with van der Waals surface area (Å²) in [5.41, 5.74) is 0.571. The molecule has 1 aromatic rings. The van der Waals surface area contributed by atoms with Crippen molar-refractivity contribution in [2.45, 2.75) is 32.5 Å². The van der Waals surface area contributed by atoms with Crippen molar-refractivity contribution < 1.29 is 13.2 Å². The van der Waals surface area contributed by atoms with E-state index in [1.165, 1.54) is 12.1 Å². The molecule has 0 saturated carbocycles. The molecule has 1 nitrogen and oxygen atoms in total. The molecule has 0 N–H and O–H groups in total. The molecule has 0 aliphatic heterocycles. The van der Waals surface area contributed by atoms with E-state index in [0.717, 1.165) is 12.1 Å². The highest BCUT2D eigenvalue weighted by molar-refractivity contribution is 6.71. The Hall–Kier alpha value is -0.743. The summed E-state index contributed by atoms with van der Waals surface area (Å²) < 4.78 is 31.7. The average Bonchev–Trinajstić information content (AvgIpc) is 2.16. The minimum atomic E-state index is -1.68. The molecule has 0 aliphatic carbocycles. The third-order valence-corrected chi connectivity index (χ3v) is 5.07. The lowest BCUT2D eigenvalue weighted by atomic mass is 10.1. The molecular weight excluding hydrogens is 226 g/mol. The Kier molecular flexibility index (Phi) is 4.62. The van der Waals surface area contributed by atoms with Crippen molar-refractivity contribution in [1.82, 2.24) is 0 Å². The van der Waals surface area contributed by atoms with Crippen LogP contribution < -0.4 is 0 Å². The molecule has 4 heteroatoms. The van der Waals surface area contributed by atoms with Gasteiger partial charge in [-0.2, -0.15) is 0 Å². The lowest BCUT2D eigenvalue weighted by Crippen LogP contribution is -2.30. The highest BCUT2D eigenvalue weighted by Crippen LogP contribution is 2.18. The second-order valence-electron chi connectivity index (χ2n) is 4.43. The van der Waals surface area contributed by atoms with Crippen LogP contribution in [0.15, 0.2) is 18.2 Å². The first-order valence-corrected chi connectivity index (χ1v) is 8.64. The number of rotatable bonds is 5. The summed E-state index contributed by atoms with van der Waals surface area (Å²) in [4.78, 5) is 0. The predicted molar refractivity (Wildman–Crippen MR) is 64.0 cm³/mol. The number of halogens is 2. The van der Waals surface area contributed by atoms with Gasteiger partial charge in [0, 0.05) is 12.7 Å². The molecule has 90 valence electrons. The fourth-order valence-corrected chi connectivity index (χ4v) is 3.42. The van der Waals surface area contributed by atoms with E-state index in [1.807, 2.05) is 6.92 Å². The first kappa shape index (κ1) is 13.3. The monoisotopic (exact) mass is 244 g/mol. The second-order valence-corrected chi connectivity index (χ2v) is 8.74. The number of aryl methyl sites for hydroxylation is 1. The van der Waals surface area contributed by atoms with Crippen LogP contribution in [0.25, 0.3) is 0 Å². The van der Waals surface area contributed by atoms with Crippen molar-refractivity contribution >= 4 is 8.32 Å². The van der Waals surface area contributed by atoms with Crippen molar-refractivity contribution in [3.8, 4) is 0 Å². The second kappa shape index (κ2) is 5.55. The Morgan fingerprint density at radius 3 is 2.50 bits per heavy atom. The van der Waals surface area contributed by atoms with Gasteiger partial charge < -0.3 is 4.43 Å². The first-order chi connectivity index (χ1) is 7.44. The molecule has 0 amide bonds. The topological polar surface area (TPSA) is 9.23 Å². The maximum absolute atomic E-state index is 13.3. The highest BCUT2D eigenvalue weighted by Gasteiger charge is 2.21. The van der Waals surface area contributed by atoms with Gasteiger partial charge in [-0.05, 0) is 44.1 Å². The fourth-order valence-electron chi connectivity index (χ4n) is 1.62. The average molecular weight is 244 g/mol. The maximum Gasteiger partial charge on any atom is 0.187 e. The predicted octanol–water partition coefficient (Wildman–Crippen LogP) is 3.75. The fraction of sp³-hybridized carbons (Fsp3) is 0.500. The van der Waals surface area contributed by atoms with Crippen molar-refractivity contribution in [2.75, 3.05) is 6.61 Å². The van der Waals surface area contributed by atoms with Crippen molar-refractivity contribution in [2.24, 2.45) is 0 Å². The molecule has 1 aromatic carbocycles. The SMILES string of the molecule is CCO[Si](C)(C)CCc1ccc(F)cc1F. The van der Waals surface area contributed by atoms with Crippen LogP contribution in [0.4, 0.5) is 8.78 Å². The van der Waals surface area contributed by atoms with Gasteiger partial charge >= 0.3 is 0 Å². The molecule has 16 heavy (non-hydrogen) atoms. The summed E-state index contributed by atoms with van der Waals surface area (Å²) in [5.74, 6) is -0.983. The van der Waals surface area contributed by atoms with Crippen LogP contribution >= 0.6 is 0 Å². The van der Waals surface area contributed by atoms with Gasteiger partial charge in [-0.3, -0.25) is 0 Å². The lowest BCUT2D eigenvalue weighted by Gasteiger charge is -2.21. The Labute approximate surface area is 96.6 Å². The Bertz CT molecular complexity index is 353. The number of hydrogen-bond acceptors (Lipinski definition) is 1. The van der Waals surface area contributed by atoms with Gasteiger partial charge in [0.25, 0.3) is 0 Å². The van der Waals surface area contributed by atoms with E-state index in [-0.39, 0.29) is 0 Å². The Morgan fingerprint density at radius 1 is 1.25 bits per heavy atom. The standard InChI is InChI=1S/C12H18F2OSi/c1-4-15-16(2,3)8-7-10-5-6-11(13)9-12(10)14/h5-6,9H,4,7-8H2,1-3H3. The van der Waals surface area contributed by atoms with Crippen LogP contribution in [0.3, 0.4) is 0 Å². The molecule has 0 heterocycles. The van der Waals surface area contributed by atoms with Crippen molar-refractivity contribution in [1.29, 1.82) is 0 Å². The van der Waals surface area contributed by atoms with Crippen LogP contribution in [0.5, 0.6) is 0 Å².